The molecule has 1 N–H and O–H groups in total. The summed E-state index contributed by atoms with van der Waals surface area (Å²) < 4.78 is 31.6. The zero-order valence-electron chi connectivity index (χ0n) is 8.68. The Kier molecular flexibility index (Phi) is 2.61. The summed E-state index contributed by atoms with van der Waals surface area (Å²) in [5.41, 5.74) is 0.381. The minimum Gasteiger partial charge on any atom is -0.494 e. The summed E-state index contributed by atoms with van der Waals surface area (Å²) in [6, 6.07) is 2.60. The number of ether oxygens (including phenoxy) is 1. The van der Waals surface area contributed by atoms with E-state index in [0.29, 0.717) is 11.6 Å². The van der Waals surface area contributed by atoms with Gasteiger partial charge in [-0.15, -0.1) is 0 Å². The van der Waals surface area contributed by atoms with Crippen LogP contribution in [-0.4, -0.2) is 13.2 Å². The van der Waals surface area contributed by atoms with E-state index < -0.39 is 11.6 Å². The van der Waals surface area contributed by atoms with E-state index in [0.717, 1.165) is 12.5 Å². The maximum absolute atomic E-state index is 13.5. The lowest BCUT2D eigenvalue weighted by molar-refractivity contribution is 0.279. The van der Waals surface area contributed by atoms with Gasteiger partial charge in [0.2, 0.25) is 0 Å². The minimum atomic E-state index is -0.518. The van der Waals surface area contributed by atoms with Gasteiger partial charge in [0.05, 0.1) is 7.11 Å². The first kappa shape index (κ1) is 10.4. The molecular formula is C11H13F2NO. The molecule has 0 saturated carbocycles. The van der Waals surface area contributed by atoms with Crippen LogP contribution in [0.25, 0.3) is 0 Å². The van der Waals surface area contributed by atoms with Crippen LogP contribution in [0, 0.1) is 11.6 Å². The minimum absolute atomic E-state index is 0.0522. The number of halogens is 2. The summed E-state index contributed by atoms with van der Waals surface area (Å²) in [6.07, 6.45) is 0.836. The number of hydrogen-bond acceptors (Lipinski definition) is 2. The molecule has 1 aromatic rings. The van der Waals surface area contributed by atoms with Crippen molar-refractivity contribution in [2.75, 3.05) is 7.11 Å². The molecule has 1 heterocycles. The molecule has 2 nitrogen and oxygen atoms in total. The van der Waals surface area contributed by atoms with Crippen molar-refractivity contribution in [2.24, 2.45) is 0 Å². The SMILES string of the molecule is COc1cc(F)c(C2CC(C)N2)cc1F. The van der Waals surface area contributed by atoms with Crippen LogP contribution in [0.2, 0.25) is 0 Å². The molecule has 1 aliphatic rings. The molecule has 1 saturated heterocycles. The Morgan fingerprint density at radius 1 is 1.33 bits per heavy atom. The maximum atomic E-state index is 13.5. The summed E-state index contributed by atoms with van der Waals surface area (Å²) >= 11 is 0. The van der Waals surface area contributed by atoms with Crippen molar-refractivity contribution in [3.63, 3.8) is 0 Å². The Labute approximate surface area is 87.2 Å². The molecule has 1 aliphatic heterocycles. The third-order valence-electron chi connectivity index (χ3n) is 2.72. The molecule has 0 amide bonds. The first-order valence-electron chi connectivity index (χ1n) is 4.90. The monoisotopic (exact) mass is 213 g/mol. The number of benzene rings is 1. The van der Waals surface area contributed by atoms with Gasteiger partial charge in [-0.25, -0.2) is 8.78 Å². The Bertz CT molecular complexity index is 375. The largest absolute Gasteiger partial charge is 0.494 e. The first-order chi connectivity index (χ1) is 7.11. The van der Waals surface area contributed by atoms with Crippen molar-refractivity contribution in [2.45, 2.75) is 25.4 Å². The topological polar surface area (TPSA) is 21.3 Å². The molecule has 2 rings (SSSR count). The fourth-order valence-corrected chi connectivity index (χ4v) is 1.86. The second-order valence-electron chi connectivity index (χ2n) is 3.86. The van der Waals surface area contributed by atoms with E-state index in [2.05, 4.69) is 5.32 Å². The van der Waals surface area contributed by atoms with Gasteiger partial charge in [-0.2, -0.15) is 0 Å². The number of rotatable bonds is 2. The summed E-state index contributed by atoms with van der Waals surface area (Å²) in [4.78, 5) is 0. The highest BCUT2D eigenvalue weighted by Crippen LogP contribution is 2.32. The van der Waals surface area contributed by atoms with Crippen LogP contribution in [-0.2, 0) is 0 Å². The van der Waals surface area contributed by atoms with E-state index in [1.54, 1.807) is 0 Å². The van der Waals surface area contributed by atoms with Crippen LogP contribution in [0.5, 0.6) is 5.75 Å². The highest BCUT2D eigenvalue weighted by molar-refractivity contribution is 5.33. The van der Waals surface area contributed by atoms with Gasteiger partial charge < -0.3 is 10.1 Å². The van der Waals surface area contributed by atoms with Crippen molar-refractivity contribution >= 4 is 0 Å². The van der Waals surface area contributed by atoms with Crippen LogP contribution in [0.3, 0.4) is 0 Å². The lowest BCUT2D eigenvalue weighted by atomic mass is 9.91. The van der Waals surface area contributed by atoms with Gasteiger partial charge in [0.25, 0.3) is 0 Å². The van der Waals surface area contributed by atoms with Crippen LogP contribution in [0.1, 0.15) is 24.9 Å². The third kappa shape index (κ3) is 1.81. The van der Waals surface area contributed by atoms with Gasteiger partial charge in [0, 0.05) is 23.7 Å². The highest BCUT2D eigenvalue weighted by Gasteiger charge is 2.28. The average molecular weight is 213 g/mol. The molecule has 0 aliphatic carbocycles. The molecule has 0 spiro atoms. The summed E-state index contributed by atoms with van der Waals surface area (Å²) in [5.74, 6) is -0.989. The zero-order valence-corrected chi connectivity index (χ0v) is 8.68. The Hall–Kier alpha value is -1.16. The predicted octanol–water partition coefficient (Wildman–Crippen LogP) is 2.40. The van der Waals surface area contributed by atoms with Gasteiger partial charge in [0.15, 0.2) is 11.6 Å². The van der Waals surface area contributed by atoms with E-state index in [9.17, 15) is 8.78 Å². The van der Waals surface area contributed by atoms with E-state index in [1.807, 2.05) is 6.92 Å². The molecule has 1 aromatic carbocycles. The van der Waals surface area contributed by atoms with E-state index in [-0.39, 0.29) is 11.8 Å². The van der Waals surface area contributed by atoms with Crippen molar-refractivity contribution in [1.29, 1.82) is 0 Å². The van der Waals surface area contributed by atoms with Crippen LogP contribution in [0.4, 0.5) is 8.78 Å². The lowest BCUT2D eigenvalue weighted by Gasteiger charge is -2.35. The van der Waals surface area contributed by atoms with Crippen molar-refractivity contribution in [1.82, 2.24) is 5.32 Å². The maximum Gasteiger partial charge on any atom is 0.165 e. The van der Waals surface area contributed by atoms with E-state index in [1.165, 1.54) is 13.2 Å². The summed E-state index contributed by atoms with van der Waals surface area (Å²) in [6.45, 7) is 2.01. The predicted molar refractivity (Wildman–Crippen MR) is 52.9 cm³/mol. The summed E-state index contributed by atoms with van der Waals surface area (Å²) in [7, 11) is 1.32. The molecule has 0 radical (unpaired) electrons. The van der Waals surface area contributed by atoms with Gasteiger partial charge in [0.1, 0.15) is 5.82 Å². The van der Waals surface area contributed by atoms with Gasteiger partial charge in [-0.1, -0.05) is 0 Å². The molecule has 2 atom stereocenters. The van der Waals surface area contributed by atoms with Crippen LogP contribution in [0.15, 0.2) is 12.1 Å². The van der Waals surface area contributed by atoms with Gasteiger partial charge in [-0.05, 0) is 19.4 Å². The molecule has 1 fully saturated rings. The summed E-state index contributed by atoms with van der Waals surface area (Å²) in [5, 5.41) is 3.12. The molecular weight excluding hydrogens is 200 g/mol. The van der Waals surface area contributed by atoms with Crippen LogP contribution >= 0.6 is 0 Å². The standard InChI is InChI=1S/C11H13F2NO/c1-6-3-10(14-6)7-4-9(13)11(15-2)5-8(7)12/h4-6,10,14H,3H2,1-2H3. The Morgan fingerprint density at radius 3 is 2.53 bits per heavy atom. The van der Waals surface area contributed by atoms with Gasteiger partial charge >= 0.3 is 0 Å². The second kappa shape index (κ2) is 3.77. The van der Waals surface area contributed by atoms with E-state index in [4.69, 9.17) is 4.74 Å². The van der Waals surface area contributed by atoms with Gasteiger partial charge in [-0.3, -0.25) is 0 Å². The number of nitrogens with one attached hydrogen (secondary N) is 1. The quantitative estimate of drug-likeness (QED) is 0.814. The van der Waals surface area contributed by atoms with Crippen molar-refractivity contribution in [3.8, 4) is 5.75 Å². The molecule has 82 valence electrons. The molecule has 4 heteroatoms. The van der Waals surface area contributed by atoms with Crippen LogP contribution < -0.4 is 10.1 Å². The normalized spacial score (nSPS) is 24.8. The fourth-order valence-electron chi connectivity index (χ4n) is 1.86. The molecule has 0 aromatic heterocycles. The van der Waals surface area contributed by atoms with E-state index >= 15 is 0 Å². The lowest BCUT2D eigenvalue weighted by Crippen LogP contribution is -2.44. The highest BCUT2D eigenvalue weighted by atomic mass is 19.1. The number of methoxy groups -OCH3 is 1. The molecule has 15 heavy (non-hydrogen) atoms. The smallest absolute Gasteiger partial charge is 0.165 e. The fraction of sp³-hybridized carbons (Fsp3) is 0.455. The molecule has 2 unspecified atom stereocenters. The number of hydrogen-bond donors (Lipinski definition) is 1. The first-order valence-corrected chi connectivity index (χ1v) is 4.90. The third-order valence-corrected chi connectivity index (χ3v) is 2.72. The Morgan fingerprint density at radius 2 is 2.00 bits per heavy atom. The average Bonchev–Trinajstić information content (AvgIpc) is 2.16. The van der Waals surface area contributed by atoms with Crippen molar-refractivity contribution in [3.05, 3.63) is 29.3 Å². The molecule has 0 bridgehead atoms. The Balaban J connectivity index is 2.29. The second-order valence-corrected chi connectivity index (χ2v) is 3.86. The zero-order chi connectivity index (χ0) is 11.0. The van der Waals surface area contributed by atoms with Crippen molar-refractivity contribution < 1.29 is 13.5 Å².